The van der Waals surface area contributed by atoms with Crippen molar-refractivity contribution in [2.24, 2.45) is 5.84 Å². The molecule has 5 heteroatoms. The largest absolute Gasteiger partial charge is 0.480 e. The van der Waals surface area contributed by atoms with E-state index in [0.717, 1.165) is 0 Å². The van der Waals surface area contributed by atoms with Crippen LogP contribution in [0.5, 0.6) is 0 Å². The van der Waals surface area contributed by atoms with Gasteiger partial charge in [0.2, 0.25) is 0 Å². The summed E-state index contributed by atoms with van der Waals surface area (Å²) in [7, 11) is 0. The number of aliphatic carboxylic acids is 1. The Hall–Kier alpha value is -1.88. The third-order valence-electron chi connectivity index (χ3n) is 2.03. The van der Waals surface area contributed by atoms with Gasteiger partial charge >= 0.3 is 5.97 Å². The smallest absolute Gasteiger partial charge is 0.327 e. The van der Waals surface area contributed by atoms with Crippen molar-refractivity contribution >= 4 is 11.9 Å². The van der Waals surface area contributed by atoms with E-state index in [1.165, 1.54) is 6.92 Å². The fraction of sp³-hybridized carbons (Fsp3) is 0.200. The molecule has 0 bridgehead atoms. The van der Waals surface area contributed by atoms with Gasteiger partial charge in [0.15, 0.2) is 0 Å². The number of hydrazine groups is 1. The van der Waals surface area contributed by atoms with Crippen LogP contribution >= 0.6 is 0 Å². The molecule has 0 aliphatic carbocycles. The van der Waals surface area contributed by atoms with Crippen LogP contribution in [0.15, 0.2) is 30.3 Å². The van der Waals surface area contributed by atoms with E-state index in [9.17, 15) is 9.59 Å². The second kappa shape index (κ2) is 4.56. The van der Waals surface area contributed by atoms with Crippen LogP contribution in [0.1, 0.15) is 17.3 Å². The van der Waals surface area contributed by atoms with E-state index in [-0.39, 0.29) is 0 Å². The van der Waals surface area contributed by atoms with Gasteiger partial charge in [-0.25, -0.2) is 10.6 Å². The fourth-order valence-electron chi connectivity index (χ4n) is 1.02. The number of hydrogen-bond acceptors (Lipinski definition) is 3. The monoisotopic (exact) mass is 208 g/mol. The Bertz CT molecular complexity index is 364. The summed E-state index contributed by atoms with van der Waals surface area (Å²) >= 11 is 0. The zero-order valence-corrected chi connectivity index (χ0v) is 8.25. The lowest BCUT2D eigenvalue weighted by Gasteiger charge is -2.20. The van der Waals surface area contributed by atoms with Crippen LogP contribution < -0.4 is 5.84 Å². The van der Waals surface area contributed by atoms with Crippen LogP contribution in [0.3, 0.4) is 0 Å². The molecule has 15 heavy (non-hydrogen) atoms. The van der Waals surface area contributed by atoms with E-state index in [0.29, 0.717) is 10.6 Å². The van der Waals surface area contributed by atoms with Gasteiger partial charge in [-0.05, 0) is 19.1 Å². The van der Waals surface area contributed by atoms with Crippen molar-refractivity contribution in [2.75, 3.05) is 0 Å². The Morgan fingerprint density at radius 3 is 2.33 bits per heavy atom. The van der Waals surface area contributed by atoms with Crippen LogP contribution in [-0.2, 0) is 4.79 Å². The second-order valence-corrected chi connectivity index (χ2v) is 3.09. The first-order valence-electron chi connectivity index (χ1n) is 4.40. The molecule has 0 spiro atoms. The first-order chi connectivity index (χ1) is 7.04. The number of nitrogens with zero attached hydrogens (tertiary/aromatic N) is 1. The van der Waals surface area contributed by atoms with Crippen molar-refractivity contribution in [3.8, 4) is 0 Å². The Kier molecular flexibility index (Phi) is 3.41. The molecule has 1 aromatic carbocycles. The van der Waals surface area contributed by atoms with Crippen LogP contribution in [0.25, 0.3) is 0 Å². The van der Waals surface area contributed by atoms with E-state index >= 15 is 0 Å². The van der Waals surface area contributed by atoms with Gasteiger partial charge in [0.1, 0.15) is 6.04 Å². The maximum atomic E-state index is 11.6. The Morgan fingerprint density at radius 1 is 1.33 bits per heavy atom. The van der Waals surface area contributed by atoms with Crippen molar-refractivity contribution in [3.63, 3.8) is 0 Å². The fourth-order valence-corrected chi connectivity index (χ4v) is 1.02. The summed E-state index contributed by atoms with van der Waals surface area (Å²) in [4.78, 5) is 22.2. The SMILES string of the molecule is C[C@@H](C(=O)O)N(N)C(=O)c1ccccc1. The molecule has 0 saturated heterocycles. The quantitative estimate of drug-likeness (QED) is 0.430. The summed E-state index contributed by atoms with van der Waals surface area (Å²) in [5, 5.41) is 9.38. The molecule has 1 atom stereocenters. The molecule has 5 nitrogen and oxygen atoms in total. The number of amides is 1. The van der Waals surface area contributed by atoms with Crippen LogP contribution in [-0.4, -0.2) is 28.0 Å². The highest BCUT2D eigenvalue weighted by molar-refractivity contribution is 5.96. The van der Waals surface area contributed by atoms with E-state index in [1.807, 2.05) is 0 Å². The van der Waals surface area contributed by atoms with Crippen molar-refractivity contribution in [2.45, 2.75) is 13.0 Å². The average Bonchev–Trinajstić information content (AvgIpc) is 2.27. The van der Waals surface area contributed by atoms with Gasteiger partial charge < -0.3 is 5.11 Å². The zero-order valence-electron chi connectivity index (χ0n) is 8.25. The molecule has 0 fully saturated rings. The van der Waals surface area contributed by atoms with Gasteiger partial charge in [-0.2, -0.15) is 0 Å². The highest BCUT2D eigenvalue weighted by Gasteiger charge is 2.23. The molecule has 0 saturated carbocycles. The molecule has 0 radical (unpaired) electrons. The van der Waals surface area contributed by atoms with Crippen LogP contribution in [0.2, 0.25) is 0 Å². The summed E-state index contributed by atoms with van der Waals surface area (Å²) in [6.07, 6.45) is 0. The van der Waals surface area contributed by atoms with Gasteiger partial charge in [0, 0.05) is 5.56 Å². The van der Waals surface area contributed by atoms with Gasteiger partial charge in [-0.15, -0.1) is 0 Å². The summed E-state index contributed by atoms with van der Waals surface area (Å²) in [5.41, 5.74) is 0.369. The second-order valence-electron chi connectivity index (χ2n) is 3.09. The molecule has 3 N–H and O–H groups in total. The van der Waals surface area contributed by atoms with E-state index in [2.05, 4.69) is 0 Å². The maximum absolute atomic E-state index is 11.6. The minimum Gasteiger partial charge on any atom is -0.480 e. The summed E-state index contributed by atoms with van der Waals surface area (Å²) in [5.74, 6) is 3.75. The molecule has 1 aromatic rings. The lowest BCUT2D eigenvalue weighted by molar-refractivity contribution is -0.141. The summed E-state index contributed by atoms with van der Waals surface area (Å²) in [6, 6.07) is 7.25. The van der Waals surface area contributed by atoms with Gasteiger partial charge in [-0.1, -0.05) is 18.2 Å². The highest BCUT2D eigenvalue weighted by atomic mass is 16.4. The topological polar surface area (TPSA) is 83.6 Å². The van der Waals surface area contributed by atoms with Crippen molar-refractivity contribution in [1.29, 1.82) is 0 Å². The van der Waals surface area contributed by atoms with E-state index in [4.69, 9.17) is 10.9 Å². The zero-order chi connectivity index (χ0) is 11.4. The molecule has 1 rings (SSSR count). The lowest BCUT2D eigenvalue weighted by Crippen LogP contribution is -2.47. The van der Waals surface area contributed by atoms with E-state index < -0.39 is 17.9 Å². The minimum atomic E-state index is -1.14. The normalized spacial score (nSPS) is 11.9. The molecule has 0 aliphatic heterocycles. The molecule has 0 unspecified atom stereocenters. The molecule has 80 valence electrons. The summed E-state index contributed by atoms with van der Waals surface area (Å²) in [6.45, 7) is 1.35. The maximum Gasteiger partial charge on any atom is 0.327 e. The Balaban J connectivity index is 2.82. The van der Waals surface area contributed by atoms with Gasteiger partial charge in [-0.3, -0.25) is 9.80 Å². The first kappa shape index (κ1) is 11.2. The standard InChI is InChI=1S/C10H12N2O3/c1-7(10(14)15)12(11)9(13)8-5-3-2-4-6-8/h2-7H,11H2,1H3,(H,14,15)/t7-/m0/s1. The minimum absolute atomic E-state index is 0.369. The molecule has 0 heterocycles. The lowest BCUT2D eigenvalue weighted by atomic mass is 10.2. The number of carbonyl (C=O) groups excluding carboxylic acids is 1. The number of carbonyl (C=O) groups is 2. The Labute approximate surface area is 87.1 Å². The molecule has 0 aliphatic rings. The van der Waals surface area contributed by atoms with Gasteiger partial charge in [0.25, 0.3) is 5.91 Å². The molecular formula is C10H12N2O3. The predicted octanol–water partition coefficient (Wildman–Crippen LogP) is 0.476. The van der Waals surface area contributed by atoms with Crippen molar-refractivity contribution in [1.82, 2.24) is 5.01 Å². The van der Waals surface area contributed by atoms with Crippen LogP contribution in [0.4, 0.5) is 0 Å². The average molecular weight is 208 g/mol. The van der Waals surface area contributed by atoms with E-state index in [1.54, 1.807) is 30.3 Å². The predicted molar refractivity (Wildman–Crippen MR) is 53.9 cm³/mol. The number of carboxylic acid groups (broad SMARTS) is 1. The number of rotatable bonds is 3. The highest BCUT2D eigenvalue weighted by Crippen LogP contribution is 2.04. The number of hydrogen-bond donors (Lipinski definition) is 2. The summed E-state index contributed by atoms with van der Waals surface area (Å²) < 4.78 is 0. The van der Waals surface area contributed by atoms with Crippen molar-refractivity contribution in [3.05, 3.63) is 35.9 Å². The number of benzene rings is 1. The number of nitrogens with two attached hydrogens (primary N) is 1. The van der Waals surface area contributed by atoms with Gasteiger partial charge in [0.05, 0.1) is 0 Å². The third-order valence-corrected chi connectivity index (χ3v) is 2.03. The molecular weight excluding hydrogens is 196 g/mol. The third kappa shape index (κ3) is 2.54. The Morgan fingerprint density at radius 2 is 1.87 bits per heavy atom. The van der Waals surface area contributed by atoms with Crippen LogP contribution in [0, 0.1) is 0 Å². The molecule has 1 amide bonds. The molecule has 0 aromatic heterocycles. The van der Waals surface area contributed by atoms with Crippen molar-refractivity contribution < 1.29 is 14.7 Å². The first-order valence-corrected chi connectivity index (χ1v) is 4.40. The number of carboxylic acids is 1.